The van der Waals surface area contributed by atoms with Crippen LogP contribution < -0.4 is 9.47 Å². The van der Waals surface area contributed by atoms with Gasteiger partial charge in [0, 0.05) is 22.8 Å². The summed E-state index contributed by atoms with van der Waals surface area (Å²) in [5.74, 6) is 1.40. The highest BCUT2D eigenvalue weighted by Crippen LogP contribution is 2.36. The van der Waals surface area contributed by atoms with Crippen LogP contribution in [0.15, 0.2) is 78.9 Å². The summed E-state index contributed by atoms with van der Waals surface area (Å²) in [4.78, 5) is 25.6. The molecule has 5 heteroatoms. The first kappa shape index (κ1) is 20.7. The second-order valence-corrected chi connectivity index (χ2v) is 7.56. The average Bonchev–Trinajstić information content (AvgIpc) is 2.79. The van der Waals surface area contributed by atoms with Gasteiger partial charge in [0.05, 0.1) is 14.2 Å². The van der Waals surface area contributed by atoms with Gasteiger partial charge in [0.15, 0.2) is 5.78 Å². The molecule has 0 spiro atoms. The molecule has 0 saturated carbocycles. The minimum absolute atomic E-state index is 0.0261. The Labute approximate surface area is 174 Å². The monoisotopic (exact) mass is 406 g/mol. The molecule has 3 aromatic carbocycles. The van der Waals surface area contributed by atoms with Crippen molar-refractivity contribution in [2.24, 2.45) is 0 Å². The van der Waals surface area contributed by atoms with E-state index in [4.69, 9.17) is 9.47 Å². The molecule has 0 aromatic heterocycles. The van der Waals surface area contributed by atoms with Crippen LogP contribution >= 0.6 is 11.8 Å². The largest absolute Gasteiger partial charge is 0.497 e. The van der Waals surface area contributed by atoms with Crippen molar-refractivity contribution in [3.63, 3.8) is 0 Å². The van der Waals surface area contributed by atoms with Gasteiger partial charge in [-0.3, -0.25) is 9.59 Å². The predicted octanol–water partition coefficient (Wildman–Crippen LogP) is 5.59. The van der Waals surface area contributed by atoms with Gasteiger partial charge in [-0.25, -0.2) is 0 Å². The van der Waals surface area contributed by atoms with Crippen molar-refractivity contribution in [2.75, 3.05) is 14.2 Å². The third-order valence-corrected chi connectivity index (χ3v) is 5.70. The molecule has 3 aromatic rings. The third kappa shape index (κ3) is 5.48. The number of methoxy groups -OCH3 is 2. The van der Waals surface area contributed by atoms with Crippen molar-refractivity contribution in [3.05, 3.63) is 95.6 Å². The summed E-state index contributed by atoms with van der Waals surface area (Å²) in [6.07, 6.45) is 0.210. The zero-order valence-electron chi connectivity index (χ0n) is 16.3. The number of benzene rings is 3. The maximum atomic E-state index is 12.9. The Balaban J connectivity index is 1.82. The highest BCUT2D eigenvalue weighted by atomic mass is 32.2. The molecule has 0 N–H and O–H groups in total. The number of carbonyl (C=O) groups excluding carboxylic acids is 2. The van der Waals surface area contributed by atoms with Crippen LogP contribution in [0.25, 0.3) is 0 Å². The van der Waals surface area contributed by atoms with Gasteiger partial charge in [0.25, 0.3) is 0 Å². The third-order valence-electron chi connectivity index (χ3n) is 4.53. The van der Waals surface area contributed by atoms with Crippen molar-refractivity contribution in [2.45, 2.75) is 11.7 Å². The molecule has 0 bridgehead atoms. The predicted molar refractivity (Wildman–Crippen MR) is 116 cm³/mol. The molecule has 0 aliphatic heterocycles. The molecular weight excluding hydrogens is 384 g/mol. The van der Waals surface area contributed by atoms with Gasteiger partial charge >= 0.3 is 0 Å². The molecule has 0 fully saturated rings. The van der Waals surface area contributed by atoms with Crippen molar-refractivity contribution in [1.82, 2.24) is 0 Å². The molecule has 0 aliphatic carbocycles. The topological polar surface area (TPSA) is 52.6 Å². The average molecular weight is 407 g/mol. The Hall–Kier alpha value is -3.05. The Morgan fingerprint density at radius 2 is 1.31 bits per heavy atom. The highest BCUT2D eigenvalue weighted by Gasteiger charge is 2.22. The van der Waals surface area contributed by atoms with E-state index in [1.807, 2.05) is 42.5 Å². The Bertz CT molecular complexity index is 950. The summed E-state index contributed by atoms with van der Waals surface area (Å²) < 4.78 is 10.4. The Morgan fingerprint density at radius 1 is 0.759 bits per heavy atom. The summed E-state index contributed by atoms with van der Waals surface area (Å²) >= 11 is 1.17. The van der Waals surface area contributed by atoms with E-state index in [0.29, 0.717) is 16.9 Å². The fraction of sp³-hybridized carbons (Fsp3) is 0.167. The van der Waals surface area contributed by atoms with Crippen molar-refractivity contribution in [1.29, 1.82) is 0 Å². The van der Waals surface area contributed by atoms with Crippen LogP contribution in [0.2, 0.25) is 0 Å². The summed E-state index contributed by atoms with van der Waals surface area (Å²) in [6.45, 7) is 0. The molecule has 3 rings (SSSR count). The minimum Gasteiger partial charge on any atom is -0.497 e. The molecule has 0 amide bonds. The van der Waals surface area contributed by atoms with Crippen LogP contribution in [-0.4, -0.2) is 25.1 Å². The summed E-state index contributed by atoms with van der Waals surface area (Å²) in [7, 11) is 3.19. The van der Waals surface area contributed by atoms with Gasteiger partial charge in [-0.1, -0.05) is 54.2 Å². The number of hydrogen-bond donors (Lipinski definition) is 0. The van der Waals surface area contributed by atoms with Crippen LogP contribution in [0.3, 0.4) is 0 Å². The van der Waals surface area contributed by atoms with Crippen LogP contribution in [0.1, 0.15) is 38.0 Å². The van der Waals surface area contributed by atoms with Crippen molar-refractivity contribution < 1.29 is 19.1 Å². The molecular formula is C24H22O4S. The summed E-state index contributed by atoms with van der Waals surface area (Å²) in [5, 5.41) is -0.364. The van der Waals surface area contributed by atoms with Crippen molar-refractivity contribution in [3.8, 4) is 11.5 Å². The van der Waals surface area contributed by atoms with E-state index in [2.05, 4.69) is 0 Å². The Kier molecular flexibility index (Phi) is 7.09. The van der Waals surface area contributed by atoms with Crippen LogP contribution in [0.4, 0.5) is 0 Å². The lowest BCUT2D eigenvalue weighted by molar-refractivity contribution is 0.0982. The lowest BCUT2D eigenvalue weighted by atomic mass is 10.0. The molecule has 1 atom stereocenters. The van der Waals surface area contributed by atoms with E-state index in [1.54, 1.807) is 50.6 Å². The molecule has 1 unspecified atom stereocenters. The highest BCUT2D eigenvalue weighted by molar-refractivity contribution is 8.14. The second kappa shape index (κ2) is 9.94. The maximum Gasteiger partial charge on any atom is 0.219 e. The fourth-order valence-electron chi connectivity index (χ4n) is 2.88. The zero-order chi connectivity index (χ0) is 20.6. The zero-order valence-corrected chi connectivity index (χ0v) is 17.1. The number of thioether (sulfide) groups is 1. The molecule has 0 aliphatic rings. The minimum atomic E-state index is -0.303. The number of carbonyl (C=O) groups is 2. The van der Waals surface area contributed by atoms with Gasteiger partial charge < -0.3 is 9.47 Å². The first-order chi connectivity index (χ1) is 14.1. The lowest BCUT2D eigenvalue weighted by Crippen LogP contribution is -2.08. The SMILES string of the molecule is COc1ccc(C(=O)CC(SC(=O)c2ccccc2)c2ccc(OC)cc2)cc1. The normalized spacial score (nSPS) is 11.5. The molecule has 0 heterocycles. The number of ketones is 1. The van der Waals surface area contributed by atoms with E-state index in [-0.39, 0.29) is 22.6 Å². The molecule has 0 saturated heterocycles. The quantitative estimate of drug-likeness (QED) is 0.456. The molecule has 4 nitrogen and oxygen atoms in total. The summed E-state index contributed by atoms with van der Waals surface area (Å²) in [6, 6.07) is 23.6. The van der Waals surface area contributed by atoms with Gasteiger partial charge in [0.2, 0.25) is 5.12 Å². The molecule has 0 radical (unpaired) electrons. The standard InChI is InChI=1S/C24H22O4S/c1-27-20-12-8-17(9-13-20)22(25)16-23(18-10-14-21(28-2)15-11-18)29-24(26)19-6-4-3-5-7-19/h3-15,23H,16H2,1-2H3. The van der Waals surface area contributed by atoms with Gasteiger partial charge in [0.1, 0.15) is 11.5 Å². The van der Waals surface area contributed by atoms with Crippen LogP contribution in [-0.2, 0) is 0 Å². The van der Waals surface area contributed by atoms with Gasteiger partial charge in [-0.2, -0.15) is 0 Å². The van der Waals surface area contributed by atoms with E-state index in [9.17, 15) is 9.59 Å². The first-order valence-corrected chi connectivity index (χ1v) is 10.1. The number of hydrogen-bond acceptors (Lipinski definition) is 5. The Morgan fingerprint density at radius 3 is 1.86 bits per heavy atom. The summed E-state index contributed by atoms with van der Waals surface area (Å²) in [5.41, 5.74) is 2.12. The van der Waals surface area contributed by atoms with Crippen LogP contribution in [0, 0.1) is 0 Å². The first-order valence-electron chi connectivity index (χ1n) is 9.18. The maximum absolute atomic E-state index is 12.9. The molecule has 29 heavy (non-hydrogen) atoms. The van der Waals surface area contributed by atoms with E-state index in [0.717, 1.165) is 11.3 Å². The second-order valence-electron chi connectivity index (χ2n) is 6.39. The van der Waals surface area contributed by atoms with Gasteiger partial charge in [-0.15, -0.1) is 0 Å². The number of Topliss-reactive ketones (excluding diaryl/α,β-unsaturated/α-hetero) is 1. The fourth-order valence-corrected chi connectivity index (χ4v) is 3.94. The number of rotatable bonds is 8. The smallest absolute Gasteiger partial charge is 0.219 e. The van der Waals surface area contributed by atoms with E-state index >= 15 is 0 Å². The van der Waals surface area contributed by atoms with E-state index in [1.165, 1.54) is 11.8 Å². The lowest BCUT2D eigenvalue weighted by Gasteiger charge is -2.16. The van der Waals surface area contributed by atoms with Crippen molar-refractivity contribution >= 4 is 22.7 Å². The number of ether oxygens (including phenoxy) is 2. The van der Waals surface area contributed by atoms with Gasteiger partial charge in [-0.05, 0) is 42.0 Å². The molecule has 148 valence electrons. The van der Waals surface area contributed by atoms with Crippen LogP contribution in [0.5, 0.6) is 11.5 Å². The van der Waals surface area contributed by atoms with E-state index < -0.39 is 0 Å².